The SMILES string of the molecule is O[C@@H]1c2ccc(-c3cc(F)cc(F)c3)cc2OC[C@H]1N1CCCC1. The molecule has 5 heteroatoms. The lowest BCUT2D eigenvalue weighted by molar-refractivity contribution is 0.0140. The number of benzene rings is 2. The summed E-state index contributed by atoms with van der Waals surface area (Å²) in [5, 5.41) is 10.7. The molecule has 0 aromatic heterocycles. The van der Waals surface area contributed by atoms with Crippen LogP contribution in [-0.2, 0) is 0 Å². The summed E-state index contributed by atoms with van der Waals surface area (Å²) < 4.78 is 32.7. The number of aliphatic hydroxyl groups excluding tert-OH is 1. The zero-order chi connectivity index (χ0) is 16.7. The number of hydrogen-bond donors (Lipinski definition) is 1. The summed E-state index contributed by atoms with van der Waals surface area (Å²) in [6, 6.07) is 8.70. The van der Waals surface area contributed by atoms with E-state index in [0.717, 1.165) is 37.6 Å². The number of rotatable bonds is 2. The van der Waals surface area contributed by atoms with Gasteiger partial charge in [-0.2, -0.15) is 0 Å². The van der Waals surface area contributed by atoms with Crippen LogP contribution in [0.4, 0.5) is 8.78 Å². The first-order valence-electron chi connectivity index (χ1n) is 8.27. The van der Waals surface area contributed by atoms with Gasteiger partial charge in [-0.3, -0.25) is 4.90 Å². The molecular formula is C19H19F2NO2. The molecule has 2 heterocycles. The van der Waals surface area contributed by atoms with Crippen molar-refractivity contribution in [3.05, 3.63) is 53.6 Å². The van der Waals surface area contributed by atoms with Crippen molar-refractivity contribution in [1.29, 1.82) is 0 Å². The highest BCUT2D eigenvalue weighted by Crippen LogP contribution is 2.38. The van der Waals surface area contributed by atoms with Crippen LogP contribution in [0.1, 0.15) is 24.5 Å². The fourth-order valence-corrected chi connectivity index (χ4v) is 3.66. The van der Waals surface area contributed by atoms with E-state index in [4.69, 9.17) is 4.74 Å². The molecule has 0 spiro atoms. The summed E-state index contributed by atoms with van der Waals surface area (Å²) in [5.41, 5.74) is 1.85. The van der Waals surface area contributed by atoms with E-state index in [2.05, 4.69) is 4.90 Å². The topological polar surface area (TPSA) is 32.7 Å². The maximum atomic E-state index is 13.4. The molecule has 0 aliphatic carbocycles. The zero-order valence-corrected chi connectivity index (χ0v) is 13.2. The van der Waals surface area contributed by atoms with Crippen LogP contribution < -0.4 is 4.74 Å². The van der Waals surface area contributed by atoms with Gasteiger partial charge in [0, 0.05) is 11.6 Å². The third-order valence-electron chi connectivity index (χ3n) is 4.91. The molecule has 126 valence electrons. The van der Waals surface area contributed by atoms with Crippen molar-refractivity contribution in [3.63, 3.8) is 0 Å². The summed E-state index contributed by atoms with van der Waals surface area (Å²) in [5.74, 6) is -0.643. The van der Waals surface area contributed by atoms with Crippen molar-refractivity contribution in [2.24, 2.45) is 0 Å². The minimum atomic E-state index is -0.613. The summed E-state index contributed by atoms with van der Waals surface area (Å²) in [4.78, 5) is 2.27. The molecule has 0 amide bonds. The smallest absolute Gasteiger partial charge is 0.126 e. The van der Waals surface area contributed by atoms with Crippen molar-refractivity contribution < 1.29 is 18.6 Å². The molecule has 2 aliphatic heterocycles. The van der Waals surface area contributed by atoms with Gasteiger partial charge >= 0.3 is 0 Å². The minimum Gasteiger partial charge on any atom is -0.491 e. The number of ether oxygens (including phenoxy) is 1. The van der Waals surface area contributed by atoms with Crippen LogP contribution in [0.5, 0.6) is 5.75 Å². The third-order valence-corrected chi connectivity index (χ3v) is 4.91. The van der Waals surface area contributed by atoms with Crippen molar-refractivity contribution >= 4 is 0 Å². The molecule has 0 saturated carbocycles. The molecule has 24 heavy (non-hydrogen) atoms. The van der Waals surface area contributed by atoms with Crippen LogP contribution in [-0.4, -0.2) is 35.7 Å². The molecule has 3 nitrogen and oxygen atoms in total. The van der Waals surface area contributed by atoms with Crippen LogP contribution in [0.2, 0.25) is 0 Å². The Kier molecular flexibility index (Phi) is 3.98. The van der Waals surface area contributed by atoms with Gasteiger partial charge in [0.05, 0.1) is 6.04 Å². The van der Waals surface area contributed by atoms with Gasteiger partial charge < -0.3 is 9.84 Å². The number of fused-ring (bicyclic) bond motifs is 1. The van der Waals surface area contributed by atoms with Crippen molar-refractivity contribution in [2.75, 3.05) is 19.7 Å². The maximum Gasteiger partial charge on any atom is 0.126 e. The Morgan fingerprint density at radius 2 is 1.67 bits per heavy atom. The van der Waals surface area contributed by atoms with Gasteiger partial charge in [0.1, 0.15) is 30.1 Å². The molecule has 0 radical (unpaired) electrons. The van der Waals surface area contributed by atoms with Gasteiger partial charge in [0.25, 0.3) is 0 Å². The van der Waals surface area contributed by atoms with E-state index in [1.54, 1.807) is 18.2 Å². The number of hydrogen-bond acceptors (Lipinski definition) is 3. The second-order valence-electron chi connectivity index (χ2n) is 6.48. The van der Waals surface area contributed by atoms with E-state index in [0.29, 0.717) is 23.5 Å². The first kappa shape index (κ1) is 15.5. The van der Waals surface area contributed by atoms with Crippen LogP contribution in [0.25, 0.3) is 11.1 Å². The van der Waals surface area contributed by atoms with E-state index in [1.165, 1.54) is 12.1 Å². The molecular weight excluding hydrogens is 312 g/mol. The summed E-state index contributed by atoms with van der Waals surface area (Å²) in [6.45, 7) is 2.40. The van der Waals surface area contributed by atoms with Gasteiger partial charge in [0.2, 0.25) is 0 Å². The predicted octanol–water partition coefficient (Wildman–Crippen LogP) is 3.52. The second-order valence-corrected chi connectivity index (χ2v) is 6.48. The molecule has 0 unspecified atom stereocenters. The van der Waals surface area contributed by atoms with E-state index < -0.39 is 17.7 Å². The molecule has 1 fully saturated rings. The lowest BCUT2D eigenvalue weighted by atomic mass is 9.95. The van der Waals surface area contributed by atoms with Gasteiger partial charge in [-0.15, -0.1) is 0 Å². The van der Waals surface area contributed by atoms with Gasteiger partial charge in [-0.25, -0.2) is 8.78 Å². The average Bonchev–Trinajstić information content (AvgIpc) is 3.08. The maximum absolute atomic E-state index is 13.4. The first-order chi connectivity index (χ1) is 11.6. The third kappa shape index (κ3) is 2.78. The number of aliphatic hydroxyl groups is 1. The fourth-order valence-electron chi connectivity index (χ4n) is 3.66. The van der Waals surface area contributed by atoms with E-state index >= 15 is 0 Å². The first-order valence-corrected chi connectivity index (χ1v) is 8.27. The average molecular weight is 331 g/mol. The molecule has 2 atom stereocenters. The fraction of sp³-hybridized carbons (Fsp3) is 0.368. The largest absolute Gasteiger partial charge is 0.491 e. The number of halogens is 2. The van der Waals surface area contributed by atoms with Crippen LogP contribution in [0.15, 0.2) is 36.4 Å². The molecule has 4 rings (SSSR count). The molecule has 2 aliphatic rings. The van der Waals surface area contributed by atoms with Crippen molar-refractivity contribution in [1.82, 2.24) is 4.90 Å². The summed E-state index contributed by atoms with van der Waals surface area (Å²) in [6.07, 6.45) is 1.70. The van der Waals surface area contributed by atoms with E-state index in [1.807, 2.05) is 0 Å². The van der Waals surface area contributed by atoms with Crippen LogP contribution in [0.3, 0.4) is 0 Å². The minimum absolute atomic E-state index is 0.0301. The van der Waals surface area contributed by atoms with Crippen LogP contribution >= 0.6 is 0 Å². The second kappa shape index (κ2) is 6.15. The Morgan fingerprint density at radius 3 is 2.38 bits per heavy atom. The van der Waals surface area contributed by atoms with E-state index in [9.17, 15) is 13.9 Å². The van der Waals surface area contributed by atoms with Gasteiger partial charge in [-0.05, 0) is 55.3 Å². The number of nitrogens with zero attached hydrogens (tertiary/aromatic N) is 1. The Labute approximate surface area is 139 Å². The molecule has 1 saturated heterocycles. The van der Waals surface area contributed by atoms with Gasteiger partial charge in [0.15, 0.2) is 0 Å². The summed E-state index contributed by atoms with van der Waals surface area (Å²) >= 11 is 0. The summed E-state index contributed by atoms with van der Waals surface area (Å²) in [7, 11) is 0. The highest BCUT2D eigenvalue weighted by molar-refractivity contribution is 5.66. The monoisotopic (exact) mass is 331 g/mol. The molecule has 2 aromatic rings. The standard InChI is InChI=1S/C19H19F2NO2/c20-14-7-13(8-15(21)10-14)12-3-4-16-18(9-12)24-11-17(19(16)23)22-5-1-2-6-22/h3-4,7-10,17,19,23H,1-2,5-6,11H2/t17-,19-/m1/s1. The van der Waals surface area contributed by atoms with Gasteiger partial charge in [-0.1, -0.05) is 12.1 Å². The number of likely N-dealkylation sites (tertiary alicyclic amines) is 1. The van der Waals surface area contributed by atoms with Crippen LogP contribution in [0, 0.1) is 11.6 Å². The quantitative estimate of drug-likeness (QED) is 0.914. The molecule has 0 bridgehead atoms. The highest BCUT2D eigenvalue weighted by atomic mass is 19.1. The Hall–Kier alpha value is -1.98. The lowest BCUT2D eigenvalue weighted by Crippen LogP contribution is -2.44. The normalized spacial score (nSPS) is 23.8. The molecule has 1 N–H and O–H groups in total. The van der Waals surface area contributed by atoms with Crippen molar-refractivity contribution in [2.45, 2.75) is 25.0 Å². The Morgan fingerprint density at radius 1 is 0.958 bits per heavy atom. The lowest BCUT2D eigenvalue weighted by Gasteiger charge is -2.36. The molecule has 2 aromatic carbocycles. The highest BCUT2D eigenvalue weighted by Gasteiger charge is 2.34. The Bertz CT molecular complexity index is 739. The zero-order valence-electron chi connectivity index (χ0n) is 13.2. The predicted molar refractivity (Wildman–Crippen MR) is 86.8 cm³/mol. The van der Waals surface area contributed by atoms with Crippen molar-refractivity contribution in [3.8, 4) is 16.9 Å². The Balaban J connectivity index is 1.64. The van der Waals surface area contributed by atoms with E-state index in [-0.39, 0.29) is 6.04 Å².